The van der Waals surface area contributed by atoms with Crippen LogP contribution in [0.1, 0.15) is 27.2 Å². The van der Waals surface area contributed by atoms with E-state index in [1.807, 2.05) is 0 Å². The van der Waals surface area contributed by atoms with Gasteiger partial charge in [0.2, 0.25) is 5.90 Å². The molecule has 0 fully saturated rings. The molecule has 0 aromatic rings. The second-order valence-electron chi connectivity index (χ2n) is 7.38. The first-order valence-electron chi connectivity index (χ1n) is 6.81. The highest BCUT2D eigenvalue weighted by Crippen LogP contribution is 2.33. The molecule has 0 aromatic carbocycles. The van der Waals surface area contributed by atoms with E-state index in [0.29, 0.717) is 6.04 Å². The van der Waals surface area contributed by atoms with Gasteiger partial charge in [0.25, 0.3) is 0 Å². The minimum Gasteiger partial charge on any atom is -0.475 e. The molecule has 2 rings (SSSR count). The molecule has 0 N–H and O–H groups in total. The van der Waals surface area contributed by atoms with Crippen molar-refractivity contribution in [3.8, 4) is 0 Å². The predicted molar refractivity (Wildman–Crippen MR) is 80.8 cm³/mol. The summed E-state index contributed by atoms with van der Waals surface area (Å²) in [6, 6.07) is 0.295. The predicted octanol–water partition coefficient (Wildman–Crippen LogP) is 3.96. The Balaban J connectivity index is 2.29. The lowest BCUT2D eigenvalue weighted by molar-refractivity contribution is 0.235. The summed E-state index contributed by atoms with van der Waals surface area (Å²) in [6.07, 6.45) is 5.53. The van der Waals surface area contributed by atoms with E-state index in [-0.39, 0.29) is 5.41 Å². The van der Waals surface area contributed by atoms with Gasteiger partial charge in [-0.2, -0.15) is 0 Å². The molecule has 100 valence electrons. The van der Waals surface area contributed by atoms with Crippen LogP contribution in [0.3, 0.4) is 0 Å². The molecule has 3 heteroatoms. The summed E-state index contributed by atoms with van der Waals surface area (Å²) in [7, 11) is -1.29. The number of aliphatic imine (C=N–C) groups is 1. The molecule has 1 unspecified atom stereocenters. The third kappa shape index (κ3) is 2.61. The highest BCUT2D eigenvalue weighted by Gasteiger charge is 2.34. The third-order valence-electron chi connectivity index (χ3n) is 3.65. The quantitative estimate of drug-likeness (QED) is 0.691. The lowest BCUT2D eigenvalue weighted by Gasteiger charge is -2.21. The van der Waals surface area contributed by atoms with Gasteiger partial charge in [0.1, 0.15) is 6.61 Å². The molecule has 0 saturated heterocycles. The van der Waals surface area contributed by atoms with Crippen molar-refractivity contribution < 1.29 is 4.74 Å². The third-order valence-corrected chi connectivity index (χ3v) is 5.73. The van der Waals surface area contributed by atoms with Crippen LogP contribution in [0, 0.1) is 5.41 Å². The van der Waals surface area contributed by atoms with E-state index in [9.17, 15) is 0 Å². The van der Waals surface area contributed by atoms with Crippen molar-refractivity contribution in [2.24, 2.45) is 10.4 Å². The summed E-state index contributed by atoms with van der Waals surface area (Å²) in [5.74, 6) is 0.914. The molecule has 0 spiro atoms. The molecular formula is C15H25NOSi. The maximum absolute atomic E-state index is 5.88. The van der Waals surface area contributed by atoms with E-state index in [1.165, 1.54) is 10.8 Å². The number of nitrogens with zero attached hydrogens (tertiary/aromatic N) is 1. The fraction of sp³-hybridized carbons (Fsp3) is 0.667. The van der Waals surface area contributed by atoms with Crippen LogP contribution >= 0.6 is 0 Å². The summed E-state index contributed by atoms with van der Waals surface area (Å²) in [5.41, 5.74) is 1.54. The van der Waals surface area contributed by atoms with E-state index in [1.54, 1.807) is 0 Å². The number of rotatable bonds is 2. The SMILES string of the molecule is CC(C)(C)C1COC(C2=C([Si](C)(C)C)C=CC2)=N1. The summed E-state index contributed by atoms with van der Waals surface area (Å²) >= 11 is 0. The summed E-state index contributed by atoms with van der Waals surface area (Å²) in [5, 5.41) is 1.51. The Bertz CT molecular complexity index is 432. The second kappa shape index (κ2) is 4.37. The molecule has 1 heterocycles. The van der Waals surface area contributed by atoms with E-state index in [4.69, 9.17) is 9.73 Å². The Labute approximate surface area is 112 Å². The maximum Gasteiger partial charge on any atom is 0.212 e. The van der Waals surface area contributed by atoms with Crippen LogP contribution < -0.4 is 0 Å². The van der Waals surface area contributed by atoms with Gasteiger partial charge in [-0.3, -0.25) is 0 Å². The molecule has 0 saturated carbocycles. The number of hydrogen-bond acceptors (Lipinski definition) is 2. The van der Waals surface area contributed by atoms with Crippen LogP contribution in [-0.4, -0.2) is 26.6 Å². The minimum absolute atomic E-state index is 0.188. The smallest absolute Gasteiger partial charge is 0.212 e. The zero-order chi connectivity index (χ0) is 13.6. The molecule has 1 aliphatic carbocycles. The Morgan fingerprint density at radius 3 is 2.44 bits per heavy atom. The zero-order valence-corrected chi connectivity index (χ0v) is 13.5. The number of ether oxygens (including phenoxy) is 1. The molecule has 1 atom stereocenters. The van der Waals surface area contributed by atoms with E-state index < -0.39 is 8.07 Å². The number of hydrogen-bond donors (Lipinski definition) is 0. The Morgan fingerprint density at radius 2 is 1.94 bits per heavy atom. The van der Waals surface area contributed by atoms with Gasteiger partial charge in [-0.05, 0) is 11.8 Å². The molecular weight excluding hydrogens is 238 g/mol. The molecule has 2 aliphatic rings. The molecule has 0 bridgehead atoms. The van der Waals surface area contributed by atoms with Crippen molar-refractivity contribution in [2.45, 2.75) is 52.9 Å². The normalized spacial score (nSPS) is 24.6. The van der Waals surface area contributed by atoms with Crippen LogP contribution in [0.25, 0.3) is 0 Å². The zero-order valence-electron chi connectivity index (χ0n) is 12.5. The van der Waals surface area contributed by atoms with Gasteiger partial charge in [0.05, 0.1) is 14.1 Å². The topological polar surface area (TPSA) is 21.6 Å². The average molecular weight is 263 g/mol. The van der Waals surface area contributed by atoms with Gasteiger partial charge in [0, 0.05) is 5.57 Å². The minimum atomic E-state index is -1.29. The van der Waals surface area contributed by atoms with Crippen LogP contribution in [0.2, 0.25) is 19.6 Å². The Hall–Kier alpha value is -0.833. The van der Waals surface area contributed by atoms with E-state index in [2.05, 4.69) is 52.6 Å². The van der Waals surface area contributed by atoms with Gasteiger partial charge in [-0.25, -0.2) is 4.99 Å². The lowest BCUT2D eigenvalue weighted by Crippen LogP contribution is -2.25. The van der Waals surface area contributed by atoms with Gasteiger partial charge in [-0.1, -0.05) is 57.8 Å². The first-order chi connectivity index (χ1) is 8.19. The first kappa shape index (κ1) is 13.6. The van der Waals surface area contributed by atoms with Crippen LogP contribution in [0.4, 0.5) is 0 Å². The lowest BCUT2D eigenvalue weighted by atomic mass is 9.88. The van der Waals surface area contributed by atoms with Crippen molar-refractivity contribution in [1.29, 1.82) is 0 Å². The summed E-state index contributed by atoms with van der Waals surface area (Å²) < 4.78 is 5.88. The average Bonchev–Trinajstić information content (AvgIpc) is 2.84. The standard InChI is InChI=1S/C15H25NOSi/c1-15(2,3)13-10-17-14(16-13)11-8-7-9-12(11)18(4,5)6/h7,9,13H,8,10H2,1-6H3. The van der Waals surface area contributed by atoms with Crippen molar-refractivity contribution in [3.63, 3.8) is 0 Å². The van der Waals surface area contributed by atoms with Crippen LogP contribution in [0.5, 0.6) is 0 Å². The fourth-order valence-electron chi connectivity index (χ4n) is 2.39. The molecule has 1 aliphatic heterocycles. The summed E-state index contributed by atoms with van der Waals surface area (Å²) in [4.78, 5) is 4.82. The molecule has 2 nitrogen and oxygen atoms in total. The second-order valence-corrected chi connectivity index (χ2v) is 12.4. The van der Waals surface area contributed by atoms with Crippen molar-refractivity contribution >= 4 is 14.0 Å². The Kier molecular flexibility index (Phi) is 3.30. The van der Waals surface area contributed by atoms with Gasteiger partial charge in [-0.15, -0.1) is 0 Å². The van der Waals surface area contributed by atoms with Gasteiger partial charge < -0.3 is 4.74 Å². The molecule has 18 heavy (non-hydrogen) atoms. The van der Waals surface area contributed by atoms with Crippen molar-refractivity contribution in [2.75, 3.05) is 6.61 Å². The van der Waals surface area contributed by atoms with Crippen LogP contribution in [0.15, 0.2) is 27.9 Å². The van der Waals surface area contributed by atoms with Gasteiger partial charge in [0.15, 0.2) is 0 Å². The molecule has 0 radical (unpaired) electrons. The summed E-state index contributed by atoms with van der Waals surface area (Å²) in [6.45, 7) is 14.6. The highest BCUT2D eigenvalue weighted by molar-refractivity contribution is 6.84. The first-order valence-corrected chi connectivity index (χ1v) is 10.3. The monoisotopic (exact) mass is 263 g/mol. The maximum atomic E-state index is 5.88. The Morgan fingerprint density at radius 1 is 1.28 bits per heavy atom. The van der Waals surface area contributed by atoms with Crippen molar-refractivity contribution in [3.05, 3.63) is 22.9 Å². The van der Waals surface area contributed by atoms with Crippen molar-refractivity contribution in [1.82, 2.24) is 0 Å². The molecule has 0 aromatic heterocycles. The largest absolute Gasteiger partial charge is 0.475 e. The van der Waals surface area contributed by atoms with Gasteiger partial charge >= 0.3 is 0 Å². The van der Waals surface area contributed by atoms with Crippen LogP contribution in [-0.2, 0) is 4.74 Å². The van der Waals surface area contributed by atoms with E-state index >= 15 is 0 Å². The number of allylic oxidation sites excluding steroid dienone is 3. The molecule has 0 amide bonds. The highest BCUT2D eigenvalue weighted by atomic mass is 28.3. The van der Waals surface area contributed by atoms with E-state index in [0.717, 1.165) is 18.9 Å². The fourth-order valence-corrected chi connectivity index (χ4v) is 4.13.